The number of hydrogen-bond donors (Lipinski definition) is 2. The summed E-state index contributed by atoms with van der Waals surface area (Å²) in [7, 11) is 0. The molecule has 0 amide bonds. The molecule has 0 aliphatic carbocycles. The van der Waals surface area contributed by atoms with Crippen molar-refractivity contribution in [2.75, 3.05) is 31.7 Å². The van der Waals surface area contributed by atoms with Crippen LogP contribution in [0.4, 0.5) is 5.69 Å². The van der Waals surface area contributed by atoms with Crippen molar-refractivity contribution in [2.24, 2.45) is 5.92 Å². The molecule has 1 atom stereocenters. The topological polar surface area (TPSA) is 36.5 Å². The molecule has 4 nitrogen and oxygen atoms in total. The molecule has 0 spiro atoms. The van der Waals surface area contributed by atoms with Crippen molar-refractivity contribution in [2.45, 2.75) is 32.7 Å². The third-order valence-electron chi connectivity index (χ3n) is 4.88. The number of nitrogens with one attached hydrogen (secondary N) is 2. The molecule has 1 fully saturated rings. The predicted molar refractivity (Wildman–Crippen MR) is 108 cm³/mol. The van der Waals surface area contributed by atoms with Gasteiger partial charge in [0.15, 0.2) is 0 Å². The quantitative estimate of drug-likeness (QED) is 0.520. The van der Waals surface area contributed by atoms with Crippen LogP contribution in [-0.2, 0) is 6.54 Å². The second-order valence-electron chi connectivity index (χ2n) is 7.20. The number of benzene rings is 2. The van der Waals surface area contributed by atoms with Crippen molar-refractivity contribution in [1.82, 2.24) is 10.3 Å². The monoisotopic (exact) mass is 353 g/mol. The Hall–Kier alpha value is -2.04. The zero-order valence-electron chi connectivity index (χ0n) is 15.8. The van der Waals surface area contributed by atoms with Crippen molar-refractivity contribution in [3.05, 3.63) is 60.2 Å². The fourth-order valence-electron chi connectivity index (χ4n) is 3.51. The maximum atomic E-state index is 6.06. The molecule has 3 rings (SSSR count). The summed E-state index contributed by atoms with van der Waals surface area (Å²) in [5.41, 5.74) is 8.72. The molecule has 0 aromatic heterocycles. The maximum Gasteiger partial charge on any atom is 0.123 e. The minimum absolute atomic E-state index is 0.717. The number of hydrogen-bond acceptors (Lipinski definition) is 4. The van der Waals surface area contributed by atoms with Gasteiger partial charge in [-0.15, -0.1) is 0 Å². The number of hydrazine groups is 1. The molecular weight excluding hydrogens is 322 g/mol. The van der Waals surface area contributed by atoms with Gasteiger partial charge in [-0.25, -0.2) is 5.43 Å². The summed E-state index contributed by atoms with van der Waals surface area (Å²) in [6.45, 7) is 7.47. The zero-order valence-corrected chi connectivity index (χ0v) is 15.8. The molecule has 1 aliphatic rings. The molecule has 2 aromatic rings. The summed E-state index contributed by atoms with van der Waals surface area (Å²) in [5, 5.41) is 0. The number of likely N-dealkylation sites (tertiary alicyclic amines) is 1. The Morgan fingerprint density at radius 1 is 1.08 bits per heavy atom. The molecule has 1 heterocycles. The van der Waals surface area contributed by atoms with Gasteiger partial charge in [0.1, 0.15) is 5.75 Å². The average Bonchev–Trinajstić information content (AvgIpc) is 2.67. The van der Waals surface area contributed by atoms with Gasteiger partial charge in [-0.1, -0.05) is 43.3 Å². The van der Waals surface area contributed by atoms with Crippen molar-refractivity contribution < 1.29 is 4.74 Å². The summed E-state index contributed by atoms with van der Waals surface area (Å²) in [5.74, 6) is 1.82. The standard InChI is InChI=1S/C22H31N3O/c1-19-9-7-14-25(18-19)15-8-16-26-22-13-6-5-10-20(22)17-23-24-21-11-3-2-4-12-21/h2-6,10-13,19,23-24H,7-9,14-18H2,1H3. The summed E-state index contributed by atoms with van der Waals surface area (Å²) in [6, 6.07) is 18.4. The van der Waals surface area contributed by atoms with Gasteiger partial charge in [-0.2, -0.15) is 0 Å². The third-order valence-corrected chi connectivity index (χ3v) is 4.88. The lowest BCUT2D eigenvalue weighted by molar-refractivity contribution is 0.169. The number of ether oxygens (including phenoxy) is 1. The molecule has 2 aromatic carbocycles. The molecule has 0 saturated carbocycles. The second-order valence-corrected chi connectivity index (χ2v) is 7.20. The van der Waals surface area contributed by atoms with E-state index in [1.165, 1.54) is 31.5 Å². The van der Waals surface area contributed by atoms with E-state index in [1.54, 1.807) is 0 Å². The van der Waals surface area contributed by atoms with Crippen LogP contribution in [0.2, 0.25) is 0 Å². The molecule has 1 saturated heterocycles. The Bertz CT molecular complexity index is 647. The number of nitrogens with zero attached hydrogens (tertiary/aromatic N) is 1. The number of para-hydroxylation sites is 2. The van der Waals surface area contributed by atoms with E-state index in [9.17, 15) is 0 Å². The number of rotatable bonds is 9. The average molecular weight is 354 g/mol. The highest BCUT2D eigenvalue weighted by Gasteiger charge is 2.15. The van der Waals surface area contributed by atoms with Crippen molar-refractivity contribution in [3.8, 4) is 5.75 Å². The second kappa shape index (κ2) is 10.2. The van der Waals surface area contributed by atoms with Gasteiger partial charge < -0.3 is 15.1 Å². The van der Waals surface area contributed by atoms with E-state index >= 15 is 0 Å². The summed E-state index contributed by atoms with van der Waals surface area (Å²) in [4.78, 5) is 2.58. The molecule has 26 heavy (non-hydrogen) atoms. The third kappa shape index (κ3) is 6.04. The lowest BCUT2D eigenvalue weighted by Gasteiger charge is -2.30. The van der Waals surface area contributed by atoms with Gasteiger partial charge in [0.2, 0.25) is 0 Å². The molecule has 2 N–H and O–H groups in total. The van der Waals surface area contributed by atoms with Crippen LogP contribution in [0.5, 0.6) is 5.75 Å². The normalized spacial score (nSPS) is 17.8. The summed E-state index contributed by atoms with van der Waals surface area (Å²) >= 11 is 0. The zero-order chi connectivity index (χ0) is 18.0. The Morgan fingerprint density at radius 3 is 2.73 bits per heavy atom. The first-order valence-corrected chi connectivity index (χ1v) is 9.78. The molecule has 0 radical (unpaired) electrons. The van der Waals surface area contributed by atoms with Gasteiger partial charge in [0.25, 0.3) is 0 Å². The van der Waals surface area contributed by atoms with E-state index in [-0.39, 0.29) is 0 Å². The molecule has 1 aliphatic heterocycles. The molecule has 140 valence electrons. The summed E-state index contributed by atoms with van der Waals surface area (Å²) in [6.07, 6.45) is 3.80. The van der Waals surface area contributed by atoms with Crippen LogP contribution in [0.1, 0.15) is 31.7 Å². The Kier molecular flexibility index (Phi) is 7.35. The number of piperidine rings is 1. The van der Waals surface area contributed by atoms with Crippen LogP contribution >= 0.6 is 0 Å². The van der Waals surface area contributed by atoms with Gasteiger partial charge in [-0.05, 0) is 49.9 Å². The first kappa shape index (κ1) is 18.7. The van der Waals surface area contributed by atoms with Crippen LogP contribution in [0.25, 0.3) is 0 Å². The Labute approximate surface area is 157 Å². The van der Waals surface area contributed by atoms with Gasteiger partial charge in [-0.3, -0.25) is 0 Å². The highest BCUT2D eigenvalue weighted by Crippen LogP contribution is 2.19. The van der Waals surface area contributed by atoms with Crippen molar-refractivity contribution in [3.63, 3.8) is 0 Å². The van der Waals surface area contributed by atoms with Crippen LogP contribution in [0.15, 0.2) is 54.6 Å². The van der Waals surface area contributed by atoms with Crippen LogP contribution in [0.3, 0.4) is 0 Å². The van der Waals surface area contributed by atoms with E-state index in [0.29, 0.717) is 6.54 Å². The maximum absolute atomic E-state index is 6.06. The number of anilines is 1. The lowest BCUT2D eigenvalue weighted by atomic mass is 10.0. The van der Waals surface area contributed by atoms with Crippen molar-refractivity contribution in [1.29, 1.82) is 0 Å². The Morgan fingerprint density at radius 2 is 1.88 bits per heavy atom. The van der Waals surface area contributed by atoms with Crippen LogP contribution < -0.4 is 15.6 Å². The first-order chi connectivity index (χ1) is 12.8. The van der Waals surface area contributed by atoms with E-state index in [4.69, 9.17) is 4.74 Å². The van der Waals surface area contributed by atoms with Gasteiger partial charge in [0, 0.05) is 30.9 Å². The van der Waals surface area contributed by atoms with Crippen molar-refractivity contribution >= 4 is 5.69 Å². The van der Waals surface area contributed by atoms with Crippen LogP contribution in [0, 0.1) is 5.92 Å². The van der Waals surface area contributed by atoms with E-state index < -0.39 is 0 Å². The van der Waals surface area contributed by atoms with E-state index in [2.05, 4.69) is 40.9 Å². The highest BCUT2D eigenvalue weighted by molar-refractivity contribution is 5.41. The lowest BCUT2D eigenvalue weighted by Crippen LogP contribution is -2.35. The fourth-order valence-corrected chi connectivity index (χ4v) is 3.51. The molecule has 0 bridgehead atoms. The summed E-state index contributed by atoms with van der Waals surface area (Å²) < 4.78 is 6.06. The SMILES string of the molecule is CC1CCCN(CCCOc2ccccc2CNNc2ccccc2)C1. The molecular formula is C22H31N3O. The molecule has 4 heteroatoms. The largest absolute Gasteiger partial charge is 0.493 e. The van der Waals surface area contributed by atoms with Gasteiger partial charge >= 0.3 is 0 Å². The fraction of sp³-hybridized carbons (Fsp3) is 0.455. The highest BCUT2D eigenvalue weighted by atomic mass is 16.5. The minimum atomic E-state index is 0.717. The van der Waals surface area contributed by atoms with Gasteiger partial charge in [0.05, 0.1) is 6.61 Å². The Balaban J connectivity index is 1.40. The van der Waals surface area contributed by atoms with E-state index in [1.807, 2.05) is 36.4 Å². The van der Waals surface area contributed by atoms with Crippen LogP contribution in [-0.4, -0.2) is 31.1 Å². The predicted octanol–water partition coefficient (Wildman–Crippen LogP) is 4.30. The van der Waals surface area contributed by atoms with E-state index in [0.717, 1.165) is 36.9 Å². The minimum Gasteiger partial charge on any atom is -0.493 e. The first-order valence-electron chi connectivity index (χ1n) is 9.78. The smallest absolute Gasteiger partial charge is 0.123 e. The molecule has 1 unspecified atom stereocenters.